The van der Waals surface area contributed by atoms with Crippen LogP contribution < -0.4 is 5.32 Å². The third kappa shape index (κ3) is 4.40. The molecule has 2 aliphatic rings. The molecule has 0 atom stereocenters. The number of hydrogen-bond donors (Lipinski definition) is 1. The van der Waals surface area contributed by atoms with Crippen LogP contribution in [-0.2, 0) is 0 Å². The molecule has 1 fully saturated rings. The highest BCUT2D eigenvalue weighted by Crippen LogP contribution is 2.35. The van der Waals surface area contributed by atoms with Gasteiger partial charge in [0.2, 0.25) is 0 Å². The number of amidine groups is 1. The third-order valence-corrected chi connectivity index (χ3v) is 6.28. The summed E-state index contributed by atoms with van der Waals surface area (Å²) in [5.41, 5.74) is 0.469. The minimum Gasteiger partial charge on any atom is -0.362 e. The van der Waals surface area contributed by atoms with Crippen molar-refractivity contribution in [2.24, 2.45) is 10.4 Å². The van der Waals surface area contributed by atoms with Gasteiger partial charge in [0, 0.05) is 18.3 Å². The third-order valence-electron chi connectivity index (χ3n) is 5.01. The molecule has 1 aliphatic heterocycles. The fourth-order valence-corrected chi connectivity index (χ4v) is 4.44. The van der Waals surface area contributed by atoms with Crippen LogP contribution in [0.5, 0.6) is 0 Å². The Morgan fingerprint density at radius 2 is 1.74 bits per heavy atom. The van der Waals surface area contributed by atoms with Crippen molar-refractivity contribution in [2.75, 3.05) is 12.3 Å². The van der Waals surface area contributed by atoms with Gasteiger partial charge in [0.15, 0.2) is 5.17 Å². The number of aliphatic imine (C=N–C) groups is 1. The molecule has 0 aromatic rings. The van der Waals surface area contributed by atoms with E-state index in [0.29, 0.717) is 11.5 Å². The van der Waals surface area contributed by atoms with Gasteiger partial charge < -0.3 is 5.32 Å². The fraction of sp³-hybridized carbons (Fsp3) is 0.938. The summed E-state index contributed by atoms with van der Waals surface area (Å²) >= 11 is 1.96. The van der Waals surface area contributed by atoms with E-state index < -0.39 is 0 Å². The summed E-state index contributed by atoms with van der Waals surface area (Å²) in [5, 5.41) is 4.95. The SMILES string of the molecule is CCC1(CC)CN=C(NC2CCCCCCC2)SC1. The van der Waals surface area contributed by atoms with Gasteiger partial charge >= 0.3 is 0 Å². The first-order valence-electron chi connectivity index (χ1n) is 8.22. The molecule has 19 heavy (non-hydrogen) atoms. The minimum atomic E-state index is 0.469. The lowest BCUT2D eigenvalue weighted by molar-refractivity contribution is 0.317. The molecule has 0 aromatic carbocycles. The molecule has 1 saturated carbocycles. The summed E-state index contributed by atoms with van der Waals surface area (Å²) in [7, 11) is 0. The van der Waals surface area contributed by atoms with E-state index in [9.17, 15) is 0 Å². The second-order valence-electron chi connectivity index (χ2n) is 6.30. The van der Waals surface area contributed by atoms with E-state index in [-0.39, 0.29) is 0 Å². The maximum absolute atomic E-state index is 4.84. The Labute approximate surface area is 123 Å². The lowest BCUT2D eigenvalue weighted by atomic mass is 9.84. The van der Waals surface area contributed by atoms with E-state index in [2.05, 4.69) is 19.2 Å². The smallest absolute Gasteiger partial charge is 0.156 e. The average molecular weight is 282 g/mol. The first-order chi connectivity index (χ1) is 9.28. The zero-order valence-corrected chi connectivity index (χ0v) is 13.5. The molecule has 0 saturated heterocycles. The largest absolute Gasteiger partial charge is 0.362 e. The zero-order valence-electron chi connectivity index (χ0n) is 12.7. The molecule has 110 valence electrons. The van der Waals surface area contributed by atoms with Crippen LogP contribution in [0.4, 0.5) is 0 Å². The van der Waals surface area contributed by atoms with Gasteiger partial charge in [-0.25, -0.2) is 0 Å². The molecule has 0 bridgehead atoms. The molecular weight excluding hydrogens is 252 g/mol. The summed E-state index contributed by atoms with van der Waals surface area (Å²) in [6, 6.07) is 0.683. The summed E-state index contributed by atoms with van der Waals surface area (Å²) < 4.78 is 0. The number of rotatable bonds is 3. The molecule has 0 radical (unpaired) electrons. The van der Waals surface area contributed by atoms with Gasteiger partial charge in [0.1, 0.15) is 0 Å². The monoisotopic (exact) mass is 282 g/mol. The lowest BCUT2D eigenvalue weighted by Gasteiger charge is -2.34. The molecule has 0 spiro atoms. The van der Waals surface area contributed by atoms with E-state index in [1.54, 1.807) is 0 Å². The molecule has 2 nitrogen and oxygen atoms in total. The van der Waals surface area contributed by atoms with Gasteiger partial charge in [-0.15, -0.1) is 0 Å². The maximum Gasteiger partial charge on any atom is 0.156 e. The highest BCUT2D eigenvalue weighted by molar-refractivity contribution is 8.13. The maximum atomic E-state index is 4.84. The zero-order chi connectivity index (χ0) is 13.6. The quantitative estimate of drug-likeness (QED) is 0.818. The molecule has 1 heterocycles. The molecule has 0 unspecified atom stereocenters. The van der Waals surface area contributed by atoms with E-state index in [1.807, 2.05) is 11.8 Å². The molecular formula is C16H30N2S. The van der Waals surface area contributed by atoms with Crippen LogP contribution in [0, 0.1) is 5.41 Å². The van der Waals surface area contributed by atoms with Crippen LogP contribution in [0.1, 0.15) is 71.6 Å². The lowest BCUT2D eigenvalue weighted by Crippen LogP contribution is -2.39. The van der Waals surface area contributed by atoms with E-state index in [0.717, 1.165) is 6.54 Å². The first-order valence-corrected chi connectivity index (χ1v) is 9.20. The van der Waals surface area contributed by atoms with Crippen molar-refractivity contribution in [1.82, 2.24) is 5.32 Å². The highest BCUT2D eigenvalue weighted by Gasteiger charge is 2.30. The van der Waals surface area contributed by atoms with Crippen LogP contribution in [0.15, 0.2) is 4.99 Å². The van der Waals surface area contributed by atoms with Crippen LogP contribution in [0.25, 0.3) is 0 Å². The molecule has 1 aliphatic carbocycles. The Bertz CT molecular complexity index is 289. The van der Waals surface area contributed by atoms with Crippen molar-refractivity contribution in [3.8, 4) is 0 Å². The van der Waals surface area contributed by atoms with Gasteiger partial charge in [-0.1, -0.05) is 57.7 Å². The van der Waals surface area contributed by atoms with Gasteiger partial charge in [-0.3, -0.25) is 4.99 Å². The van der Waals surface area contributed by atoms with Crippen molar-refractivity contribution in [1.29, 1.82) is 0 Å². The molecule has 0 amide bonds. The Kier molecular flexibility index (Phi) is 6.06. The van der Waals surface area contributed by atoms with E-state index in [1.165, 1.54) is 68.7 Å². The van der Waals surface area contributed by atoms with Crippen LogP contribution in [0.2, 0.25) is 0 Å². The van der Waals surface area contributed by atoms with Crippen molar-refractivity contribution in [3.05, 3.63) is 0 Å². The van der Waals surface area contributed by atoms with Crippen LogP contribution >= 0.6 is 11.8 Å². The van der Waals surface area contributed by atoms with E-state index >= 15 is 0 Å². The number of nitrogens with zero attached hydrogens (tertiary/aromatic N) is 1. The van der Waals surface area contributed by atoms with Crippen LogP contribution in [-0.4, -0.2) is 23.5 Å². The normalized spacial score (nSPS) is 25.3. The Hall–Kier alpha value is -0.180. The molecule has 2 rings (SSSR count). The molecule has 0 aromatic heterocycles. The predicted molar refractivity (Wildman–Crippen MR) is 87.0 cm³/mol. The fourth-order valence-electron chi connectivity index (χ4n) is 3.09. The van der Waals surface area contributed by atoms with Gasteiger partial charge in [-0.05, 0) is 31.1 Å². The number of nitrogens with one attached hydrogen (secondary N) is 1. The number of thioether (sulfide) groups is 1. The van der Waals surface area contributed by atoms with Crippen LogP contribution in [0.3, 0.4) is 0 Å². The standard InChI is InChI=1S/C16H30N2S/c1-3-16(4-2)12-17-15(19-13-16)18-14-10-8-6-5-7-9-11-14/h14H,3-13H2,1-2H3,(H,17,18). The molecule has 3 heteroatoms. The first kappa shape index (κ1) is 15.2. The highest BCUT2D eigenvalue weighted by atomic mass is 32.2. The van der Waals surface area contributed by atoms with Gasteiger partial charge in [-0.2, -0.15) is 0 Å². The van der Waals surface area contributed by atoms with E-state index in [4.69, 9.17) is 4.99 Å². The van der Waals surface area contributed by atoms with Crippen molar-refractivity contribution < 1.29 is 0 Å². The van der Waals surface area contributed by atoms with Crippen molar-refractivity contribution in [3.63, 3.8) is 0 Å². The average Bonchev–Trinajstić information content (AvgIpc) is 2.43. The Balaban J connectivity index is 1.84. The second kappa shape index (κ2) is 7.56. The number of hydrogen-bond acceptors (Lipinski definition) is 3. The van der Waals surface area contributed by atoms with Crippen molar-refractivity contribution in [2.45, 2.75) is 77.7 Å². The summed E-state index contributed by atoms with van der Waals surface area (Å²) in [6.45, 7) is 5.65. The summed E-state index contributed by atoms with van der Waals surface area (Å²) in [4.78, 5) is 4.84. The predicted octanol–water partition coefficient (Wildman–Crippen LogP) is 4.60. The van der Waals surface area contributed by atoms with Gasteiger partial charge in [0.25, 0.3) is 0 Å². The minimum absolute atomic E-state index is 0.469. The molecule has 1 N–H and O–H groups in total. The Morgan fingerprint density at radius 3 is 2.26 bits per heavy atom. The Morgan fingerprint density at radius 1 is 1.11 bits per heavy atom. The van der Waals surface area contributed by atoms with Gasteiger partial charge in [0.05, 0.1) is 0 Å². The van der Waals surface area contributed by atoms with Crippen molar-refractivity contribution >= 4 is 16.9 Å². The second-order valence-corrected chi connectivity index (χ2v) is 7.27. The summed E-state index contributed by atoms with van der Waals surface area (Å²) in [5.74, 6) is 1.25. The topological polar surface area (TPSA) is 24.4 Å². The summed E-state index contributed by atoms with van der Waals surface area (Å²) in [6.07, 6.45) is 12.3.